The summed E-state index contributed by atoms with van der Waals surface area (Å²) in [5, 5.41) is 1.55. The van der Waals surface area contributed by atoms with Crippen molar-refractivity contribution in [3.8, 4) is 22.3 Å². The lowest BCUT2D eigenvalue weighted by atomic mass is 9.67. The zero-order chi connectivity index (χ0) is 41.3. The molecule has 2 heteroatoms. The summed E-state index contributed by atoms with van der Waals surface area (Å²) in [6.45, 7) is 0. The van der Waals surface area contributed by atoms with Crippen molar-refractivity contribution in [1.29, 1.82) is 0 Å². The second-order valence-electron chi connectivity index (χ2n) is 16.5. The molecular formula is C60H40FN. The molecule has 2 aliphatic carbocycles. The van der Waals surface area contributed by atoms with Crippen LogP contribution in [0.5, 0.6) is 0 Å². The van der Waals surface area contributed by atoms with Crippen molar-refractivity contribution < 1.29 is 4.39 Å². The predicted molar refractivity (Wildman–Crippen MR) is 253 cm³/mol. The quantitative estimate of drug-likeness (QED) is 0.155. The fraction of sp³-hybridized carbons (Fsp3) is 0.0333. The van der Waals surface area contributed by atoms with E-state index in [0.29, 0.717) is 5.39 Å². The smallest absolute Gasteiger partial charge is 0.131 e. The Balaban J connectivity index is 1.15. The lowest BCUT2D eigenvalue weighted by Crippen LogP contribution is -2.29. The van der Waals surface area contributed by atoms with Crippen molar-refractivity contribution in [2.45, 2.75) is 10.8 Å². The largest absolute Gasteiger partial charge is 0.310 e. The molecule has 0 aromatic heterocycles. The van der Waals surface area contributed by atoms with Crippen LogP contribution in [0.25, 0.3) is 33.0 Å². The maximum Gasteiger partial charge on any atom is 0.131 e. The molecule has 0 spiro atoms. The Kier molecular flexibility index (Phi) is 8.23. The third-order valence-electron chi connectivity index (χ3n) is 13.5. The normalized spacial score (nSPS) is 13.8. The van der Waals surface area contributed by atoms with Crippen molar-refractivity contribution in [2.24, 2.45) is 0 Å². The van der Waals surface area contributed by atoms with Gasteiger partial charge in [-0.3, -0.25) is 0 Å². The zero-order valence-corrected chi connectivity index (χ0v) is 33.9. The summed E-state index contributed by atoms with van der Waals surface area (Å²) in [5.74, 6) is -0.214. The number of rotatable bonds is 7. The number of hydrogen-bond acceptors (Lipinski definition) is 1. The second kappa shape index (κ2) is 14.1. The second-order valence-corrected chi connectivity index (χ2v) is 16.5. The average molecular weight is 794 g/mol. The first-order valence-electron chi connectivity index (χ1n) is 21.4. The van der Waals surface area contributed by atoms with Gasteiger partial charge < -0.3 is 4.90 Å². The van der Waals surface area contributed by atoms with E-state index in [1.54, 1.807) is 6.07 Å². The van der Waals surface area contributed by atoms with Crippen LogP contribution in [0, 0.1) is 5.82 Å². The molecule has 0 heterocycles. The topological polar surface area (TPSA) is 3.24 Å². The van der Waals surface area contributed by atoms with Gasteiger partial charge in [-0.2, -0.15) is 0 Å². The SMILES string of the molecule is Fc1cc2c(c3ccccc13)-c1ccc(N(c3ccccc3)c3ccc4c(c3)C(c3ccccc3)(c3ccccc3)c3ccccc3-4)cc1C2(c1ccccc1)c1ccccc1. The van der Waals surface area contributed by atoms with E-state index in [0.717, 1.165) is 55.8 Å². The van der Waals surface area contributed by atoms with Gasteiger partial charge >= 0.3 is 0 Å². The highest BCUT2D eigenvalue weighted by Crippen LogP contribution is 2.60. The molecule has 0 aliphatic heterocycles. The summed E-state index contributed by atoms with van der Waals surface area (Å²) < 4.78 is 16.6. The molecule has 0 amide bonds. The van der Waals surface area contributed by atoms with Gasteiger partial charge in [-0.1, -0.05) is 200 Å². The van der Waals surface area contributed by atoms with Gasteiger partial charge in [-0.05, 0) is 115 Å². The van der Waals surface area contributed by atoms with Crippen molar-refractivity contribution in [3.05, 3.63) is 293 Å². The van der Waals surface area contributed by atoms with Crippen molar-refractivity contribution >= 4 is 27.8 Å². The monoisotopic (exact) mass is 793 g/mol. The Hall–Kier alpha value is -7.81. The van der Waals surface area contributed by atoms with E-state index in [-0.39, 0.29) is 5.82 Å². The van der Waals surface area contributed by atoms with Gasteiger partial charge in [-0.25, -0.2) is 4.39 Å². The van der Waals surface area contributed by atoms with Crippen molar-refractivity contribution in [1.82, 2.24) is 0 Å². The van der Waals surface area contributed by atoms with Gasteiger partial charge in [0.1, 0.15) is 5.82 Å². The van der Waals surface area contributed by atoms with Gasteiger partial charge in [0.2, 0.25) is 0 Å². The van der Waals surface area contributed by atoms with E-state index >= 15 is 4.39 Å². The maximum absolute atomic E-state index is 16.6. The zero-order valence-electron chi connectivity index (χ0n) is 33.9. The Labute approximate surface area is 361 Å². The molecule has 12 rings (SSSR count). The van der Waals surface area contributed by atoms with Crippen LogP contribution in [0.1, 0.15) is 44.5 Å². The minimum absolute atomic E-state index is 0.214. The van der Waals surface area contributed by atoms with Crippen molar-refractivity contribution in [2.75, 3.05) is 4.90 Å². The summed E-state index contributed by atoms with van der Waals surface area (Å²) in [5.41, 5.74) is 15.7. The molecule has 10 aromatic carbocycles. The minimum atomic E-state index is -0.800. The third kappa shape index (κ3) is 5.07. The number of nitrogens with zero attached hydrogens (tertiary/aromatic N) is 1. The maximum atomic E-state index is 16.6. The minimum Gasteiger partial charge on any atom is -0.310 e. The van der Waals surface area contributed by atoms with E-state index in [2.05, 4.69) is 223 Å². The molecule has 0 bridgehead atoms. The highest BCUT2D eigenvalue weighted by molar-refractivity contribution is 6.05. The van der Waals surface area contributed by atoms with Gasteiger partial charge in [0.15, 0.2) is 0 Å². The Morgan fingerprint density at radius 2 is 0.694 bits per heavy atom. The summed E-state index contributed by atoms with van der Waals surface area (Å²) in [7, 11) is 0. The van der Waals surface area contributed by atoms with Crippen LogP contribution in [0.3, 0.4) is 0 Å². The van der Waals surface area contributed by atoms with Crippen LogP contribution in [0.15, 0.2) is 243 Å². The van der Waals surface area contributed by atoms with E-state index < -0.39 is 10.8 Å². The van der Waals surface area contributed by atoms with Gasteiger partial charge in [0.25, 0.3) is 0 Å². The Morgan fingerprint density at radius 3 is 1.24 bits per heavy atom. The van der Waals surface area contributed by atoms with E-state index in [9.17, 15) is 0 Å². The first-order valence-corrected chi connectivity index (χ1v) is 21.4. The highest BCUT2D eigenvalue weighted by Gasteiger charge is 2.49. The number of halogens is 1. The van der Waals surface area contributed by atoms with Crippen LogP contribution in [-0.4, -0.2) is 0 Å². The number of anilines is 3. The van der Waals surface area contributed by atoms with E-state index in [1.165, 1.54) is 33.4 Å². The molecule has 1 nitrogen and oxygen atoms in total. The standard InChI is InChI=1S/C60H40FN/c61-57-40-56-58(51-32-17-16-31-50(51)57)52-37-35-47(39-55(52)60(56,43-24-10-3-11-25-43)44-26-12-4-13-27-44)62(45-28-14-5-15-29-45)46-34-36-49-48-30-18-19-33-53(48)59(54(49)38-46,41-20-6-1-7-21-41)42-22-8-2-9-23-42/h1-40H. The van der Waals surface area contributed by atoms with E-state index in [1.807, 2.05) is 18.2 Å². The summed E-state index contributed by atoms with van der Waals surface area (Å²) >= 11 is 0. The average Bonchev–Trinajstić information content (AvgIpc) is 3.81. The van der Waals surface area contributed by atoms with Crippen LogP contribution in [0.4, 0.5) is 21.5 Å². The lowest BCUT2D eigenvalue weighted by molar-refractivity contribution is 0.633. The number of hydrogen-bond donors (Lipinski definition) is 0. The molecular weight excluding hydrogens is 754 g/mol. The van der Waals surface area contributed by atoms with Crippen LogP contribution in [-0.2, 0) is 10.8 Å². The number of para-hydroxylation sites is 1. The van der Waals surface area contributed by atoms with Gasteiger partial charge in [0.05, 0.1) is 10.8 Å². The molecule has 292 valence electrons. The summed E-state index contributed by atoms with van der Waals surface area (Å²) in [6, 6.07) is 86.5. The summed E-state index contributed by atoms with van der Waals surface area (Å²) in [6.07, 6.45) is 0. The first kappa shape index (κ1) is 36.1. The Bertz CT molecular complexity index is 3210. The fourth-order valence-corrected chi connectivity index (χ4v) is 11.0. The van der Waals surface area contributed by atoms with Crippen LogP contribution in [0.2, 0.25) is 0 Å². The third-order valence-corrected chi connectivity index (χ3v) is 13.5. The highest BCUT2D eigenvalue weighted by atomic mass is 19.1. The molecule has 0 N–H and O–H groups in total. The number of fused-ring (bicyclic) bond motifs is 8. The molecule has 0 fully saturated rings. The fourth-order valence-electron chi connectivity index (χ4n) is 11.0. The first-order chi connectivity index (χ1) is 30.7. The van der Waals surface area contributed by atoms with Gasteiger partial charge in [0, 0.05) is 22.4 Å². The van der Waals surface area contributed by atoms with Crippen molar-refractivity contribution in [3.63, 3.8) is 0 Å². The molecule has 0 unspecified atom stereocenters. The molecule has 0 saturated heterocycles. The molecule has 62 heavy (non-hydrogen) atoms. The number of benzene rings is 10. The molecule has 0 radical (unpaired) electrons. The molecule has 0 saturated carbocycles. The summed E-state index contributed by atoms with van der Waals surface area (Å²) in [4.78, 5) is 2.40. The van der Waals surface area contributed by atoms with Gasteiger partial charge in [-0.15, -0.1) is 0 Å². The molecule has 10 aromatic rings. The van der Waals surface area contributed by atoms with E-state index in [4.69, 9.17) is 0 Å². The van der Waals surface area contributed by atoms with Crippen LogP contribution >= 0.6 is 0 Å². The lowest BCUT2D eigenvalue weighted by Gasteiger charge is -2.36. The van der Waals surface area contributed by atoms with Crippen LogP contribution < -0.4 is 4.90 Å². The Morgan fingerprint density at radius 1 is 0.290 bits per heavy atom. The molecule has 2 aliphatic rings. The predicted octanol–water partition coefficient (Wildman–Crippen LogP) is 15.2. The molecule has 0 atom stereocenters.